The van der Waals surface area contributed by atoms with Crippen molar-refractivity contribution in [2.24, 2.45) is 11.8 Å². The number of piperidine rings is 1. The Morgan fingerprint density at radius 1 is 1.05 bits per heavy atom. The number of hydrogen-bond donors (Lipinski definition) is 1. The molecule has 38 heavy (non-hydrogen) atoms. The first kappa shape index (κ1) is 27.6. The minimum atomic E-state index is -5.08. The number of carbonyl (C=O) groups is 3. The number of rotatable bonds is 4. The van der Waals surface area contributed by atoms with E-state index in [1.165, 1.54) is 5.56 Å². The molecule has 4 heterocycles. The number of likely N-dealkylation sites (tertiary alicyclic amines) is 3. The van der Waals surface area contributed by atoms with Gasteiger partial charge in [-0.05, 0) is 30.0 Å². The summed E-state index contributed by atoms with van der Waals surface area (Å²) in [5.74, 6) is -1.87. The molecule has 11 heteroatoms. The lowest BCUT2D eigenvalue weighted by Gasteiger charge is -2.46. The van der Waals surface area contributed by atoms with Crippen molar-refractivity contribution in [2.45, 2.75) is 37.5 Å². The van der Waals surface area contributed by atoms with Crippen LogP contribution in [-0.2, 0) is 27.3 Å². The van der Waals surface area contributed by atoms with Gasteiger partial charge in [0.1, 0.15) is 0 Å². The van der Waals surface area contributed by atoms with Crippen molar-refractivity contribution in [1.29, 1.82) is 0 Å². The maximum absolute atomic E-state index is 13.1. The number of benzene rings is 1. The normalized spacial score (nSPS) is 22.7. The zero-order valence-electron chi connectivity index (χ0n) is 21.1. The first-order valence-electron chi connectivity index (χ1n) is 12.5. The number of carboxylic acids is 1. The highest BCUT2D eigenvalue weighted by Gasteiger charge is 2.60. The molecule has 1 aromatic heterocycles. The molecule has 3 aliphatic heterocycles. The van der Waals surface area contributed by atoms with Crippen molar-refractivity contribution in [3.8, 4) is 0 Å². The number of pyridine rings is 1. The molecule has 0 aliphatic carbocycles. The molecule has 8 nitrogen and oxygen atoms in total. The fraction of sp³-hybridized carbons (Fsp3) is 0.481. The lowest BCUT2D eigenvalue weighted by Crippen LogP contribution is -2.56. The van der Waals surface area contributed by atoms with E-state index in [0.717, 1.165) is 51.1 Å². The average Bonchev–Trinajstić information content (AvgIpc) is 3.39. The molecule has 5 rings (SSSR count). The zero-order valence-corrected chi connectivity index (χ0v) is 21.1. The molecule has 1 spiro atoms. The second-order valence-corrected chi connectivity index (χ2v) is 10.1. The van der Waals surface area contributed by atoms with Gasteiger partial charge in [-0.2, -0.15) is 13.2 Å². The molecule has 3 aliphatic rings. The van der Waals surface area contributed by atoms with Gasteiger partial charge in [0.15, 0.2) is 0 Å². The highest BCUT2D eigenvalue weighted by atomic mass is 19.4. The van der Waals surface area contributed by atoms with Crippen LogP contribution >= 0.6 is 0 Å². The molecular weight excluding hydrogens is 501 g/mol. The van der Waals surface area contributed by atoms with Crippen molar-refractivity contribution in [2.75, 3.05) is 33.2 Å². The van der Waals surface area contributed by atoms with Crippen molar-refractivity contribution in [1.82, 2.24) is 19.7 Å². The molecule has 2 amide bonds. The minimum absolute atomic E-state index is 0.0771. The molecule has 0 saturated carbocycles. The van der Waals surface area contributed by atoms with Crippen LogP contribution in [0.5, 0.6) is 0 Å². The highest BCUT2D eigenvalue weighted by Crippen LogP contribution is 2.49. The number of fused-ring (bicyclic) bond motifs is 2. The first-order valence-corrected chi connectivity index (χ1v) is 12.5. The second kappa shape index (κ2) is 11.1. The van der Waals surface area contributed by atoms with Gasteiger partial charge in [-0.3, -0.25) is 19.5 Å². The van der Waals surface area contributed by atoms with Gasteiger partial charge in [-0.1, -0.05) is 36.4 Å². The number of halogens is 3. The van der Waals surface area contributed by atoms with E-state index in [2.05, 4.69) is 16.0 Å². The van der Waals surface area contributed by atoms with Gasteiger partial charge in [-0.15, -0.1) is 0 Å². The molecule has 2 aromatic rings. The Labute approximate surface area is 219 Å². The number of carbonyl (C=O) groups excluding carboxylic acids is 2. The average molecular weight is 533 g/mol. The fourth-order valence-electron chi connectivity index (χ4n) is 6.01. The van der Waals surface area contributed by atoms with Crippen LogP contribution in [-0.4, -0.2) is 87.5 Å². The highest BCUT2D eigenvalue weighted by molar-refractivity contribution is 5.84. The van der Waals surface area contributed by atoms with Crippen LogP contribution in [0, 0.1) is 11.8 Å². The van der Waals surface area contributed by atoms with E-state index in [1.54, 1.807) is 6.20 Å². The number of hydrogen-bond acceptors (Lipinski definition) is 5. The van der Waals surface area contributed by atoms with Crippen molar-refractivity contribution in [3.05, 3.63) is 66.0 Å². The Bertz CT molecular complexity index is 1140. The Hall–Kier alpha value is -3.47. The van der Waals surface area contributed by atoms with E-state index in [0.29, 0.717) is 12.3 Å². The Kier molecular flexibility index (Phi) is 8.05. The molecule has 3 saturated heterocycles. The molecule has 0 unspecified atom stereocenters. The van der Waals surface area contributed by atoms with Crippen LogP contribution in [0.1, 0.15) is 24.0 Å². The summed E-state index contributed by atoms with van der Waals surface area (Å²) in [6.45, 7) is 4.06. The maximum atomic E-state index is 13.1. The first-order chi connectivity index (χ1) is 18.0. The molecule has 0 radical (unpaired) electrons. The van der Waals surface area contributed by atoms with Gasteiger partial charge in [0, 0.05) is 58.1 Å². The fourth-order valence-corrected chi connectivity index (χ4v) is 6.01. The monoisotopic (exact) mass is 532 g/mol. The van der Waals surface area contributed by atoms with Crippen LogP contribution in [0.2, 0.25) is 0 Å². The SMILES string of the molecule is CN1C(=O)[C@H]2CN(Cc3cccnc3)C[C@H]2C12CCN(C(=O)Cc1ccccc1)CC2.O=C(O)C(F)(F)F. The van der Waals surface area contributed by atoms with Gasteiger partial charge in [0.25, 0.3) is 0 Å². The Morgan fingerprint density at radius 2 is 1.68 bits per heavy atom. The van der Waals surface area contributed by atoms with E-state index >= 15 is 0 Å². The van der Waals surface area contributed by atoms with Crippen LogP contribution in [0.4, 0.5) is 13.2 Å². The summed E-state index contributed by atoms with van der Waals surface area (Å²) in [7, 11) is 1.98. The predicted molar refractivity (Wildman–Crippen MR) is 132 cm³/mol. The predicted octanol–water partition coefficient (Wildman–Crippen LogP) is 2.84. The van der Waals surface area contributed by atoms with Gasteiger partial charge in [0.2, 0.25) is 11.8 Å². The van der Waals surface area contributed by atoms with Crippen LogP contribution < -0.4 is 0 Å². The van der Waals surface area contributed by atoms with E-state index in [4.69, 9.17) is 9.90 Å². The van der Waals surface area contributed by atoms with Gasteiger partial charge in [-0.25, -0.2) is 4.79 Å². The Morgan fingerprint density at radius 3 is 2.26 bits per heavy atom. The van der Waals surface area contributed by atoms with Gasteiger partial charge >= 0.3 is 12.1 Å². The zero-order chi connectivity index (χ0) is 27.5. The molecule has 3 fully saturated rings. The molecule has 204 valence electrons. The number of aliphatic carboxylic acids is 1. The minimum Gasteiger partial charge on any atom is -0.475 e. The third-order valence-electron chi connectivity index (χ3n) is 7.95. The smallest absolute Gasteiger partial charge is 0.475 e. The summed E-state index contributed by atoms with van der Waals surface area (Å²) in [4.78, 5) is 45.5. The number of aromatic nitrogens is 1. The van der Waals surface area contributed by atoms with E-state index in [9.17, 15) is 22.8 Å². The molecule has 2 atom stereocenters. The van der Waals surface area contributed by atoms with E-state index in [1.807, 2.05) is 59.4 Å². The number of nitrogens with zero attached hydrogens (tertiary/aromatic N) is 4. The molecule has 1 N–H and O–H groups in total. The number of amides is 2. The largest absolute Gasteiger partial charge is 0.490 e. The Balaban J connectivity index is 0.000000426. The summed E-state index contributed by atoms with van der Waals surface area (Å²) in [6, 6.07) is 14.0. The van der Waals surface area contributed by atoms with Crippen molar-refractivity contribution in [3.63, 3.8) is 0 Å². The van der Waals surface area contributed by atoms with Crippen LogP contribution in [0.3, 0.4) is 0 Å². The van der Waals surface area contributed by atoms with Crippen molar-refractivity contribution < 1.29 is 32.7 Å². The van der Waals surface area contributed by atoms with Gasteiger partial charge in [0.05, 0.1) is 17.9 Å². The van der Waals surface area contributed by atoms with Crippen molar-refractivity contribution >= 4 is 17.8 Å². The summed E-state index contributed by atoms with van der Waals surface area (Å²) in [5, 5.41) is 7.12. The maximum Gasteiger partial charge on any atom is 0.490 e. The lowest BCUT2D eigenvalue weighted by molar-refractivity contribution is -0.192. The van der Waals surface area contributed by atoms with Gasteiger partial charge < -0.3 is 14.9 Å². The summed E-state index contributed by atoms with van der Waals surface area (Å²) in [5.41, 5.74) is 2.14. The molecule has 0 bridgehead atoms. The standard InChI is InChI=1S/C25H30N4O2.C2HF3O2/c1-27-24(31)21-17-28(16-20-8-5-11-26-15-20)18-22(21)25(27)9-12-29(13-10-25)23(30)14-19-6-3-2-4-7-19;3-2(4,5)1(6)7/h2-8,11,15,21-22H,9-10,12-14,16-18H2,1H3;(H,6,7)/t21-,22+;/m0./s1. The van der Waals surface area contributed by atoms with E-state index in [-0.39, 0.29) is 23.3 Å². The number of carboxylic acid groups (broad SMARTS) is 1. The molecule has 1 aromatic carbocycles. The number of alkyl halides is 3. The summed E-state index contributed by atoms with van der Waals surface area (Å²) < 4.78 is 31.7. The topological polar surface area (TPSA) is 94.1 Å². The quantitative estimate of drug-likeness (QED) is 0.651. The third kappa shape index (κ3) is 5.82. The third-order valence-corrected chi connectivity index (χ3v) is 7.95. The molecular formula is C27H31F3N4O4. The summed E-state index contributed by atoms with van der Waals surface area (Å²) in [6.07, 6.45) is 0.820. The lowest BCUT2D eigenvalue weighted by atomic mass is 9.75. The second-order valence-electron chi connectivity index (χ2n) is 10.1. The van der Waals surface area contributed by atoms with E-state index < -0.39 is 12.1 Å². The van der Waals surface area contributed by atoms with Crippen LogP contribution in [0.25, 0.3) is 0 Å². The summed E-state index contributed by atoms with van der Waals surface area (Å²) >= 11 is 0. The van der Waals surface area contributed by atoms with Crippen LogP contribution in [0.15, 0.2) is 54.9 Å².